The number of rotatable bonds is 2. The molecule has 6 heteroatoms. The summed E-state index contributed by atoms with van der Waals surface area (Å²) in [6.07, 6.45) is 0. The summed E-state index contributed by atoms with van der Waals surface area (Å²) in [7, 11) is -3.11. The Morgan fingerprint density at radius 2 is 1.41 bits per heavy atom. The summed E-state index contributed by atoms with van der Waals surface area (Å²) in [5.74, 6) is 0.262. The molecule has 27 heavy (non-hydrogen) atoms. The molecule has 3 aromatic carbocycles. The van der Waals surface area contributed by atoms with Crippen LogP contribution in [0.15, 0.2) is 72.8 Å². The molecule has 0 aromatic heterocycles. The van der Waals surface area contributed by atoms with Gasteiger partial charge in [0, 0.05) is 11.1 Å². The SMILES string of the molecule is O=S1(=O)CC2C(C1)N(c1cccc3ccccc13)C(=S)N2c1ccccc1. The average molecular weight is 395 g/mol. The second-order valence-electron chi connectivity index (χ2n) is 7.07. The quantitative estimate of drug-likeness (QED) is 0.621. The zero-order valence-corrected chi connectivity index (χ0v) is 16.2. The van der Waals surface area contributed by atoms with Crippen molar-refractivity contribution in [3.8, 4) is 0 Å². The Balaban J connectivity index is 1.69. The number of anilines is 2. The van der Waals surface area contributed by atoms with Gasteiger partial charge in [-0.25, -0.2) is 8.42 Å². The minimum atomic E-state index is -3.11. The number of hydrogen-bond donors (Lipinski definition) is 0. The Bertz CT molecular complexity index is 1140. The maximum absolute atomic E-state index is 12.5. The fourth-order valence-electron chi connectivity index (χ4n) is 4.29. The van der Waals surface area contributed by atoms with Crippen LogP contribution >= 0.6 is 12.2 Å². The van der Waals surface area contributed by atoms with E-state index in [0.29, 0.717) is 5.11 Å². The molecule has 0 radical (unpaired) electrons. The third kappa shape index (κ3) is 2.63. The maximum atomic E-state index is 12.5. The van der Waals surface area contributed by atoms with Gasteiger partial charge in [-0.1, -0.05) is 54.6 Å². The molecule has 0 saturated carbocycles. The summed E-state index contributed by atoms with van der Waals surface area (Å²) >= 11 is 5.88. The van der Waals surface area contributed by atoms with Crippen LogP contribution in [0.4, 0.5) is 11.4 Å². The Hall–Kier alpha value is -2.44. The number of nitrogens with zero attached hydrogens (tertiary/aromatic N) is 2. The van der Waals surface area contributed by atoms with Gasteiger partial charge in [0.15, 0.2) is 14.9 Å². The minimum Gasteiger partial charge on any atom is -0.312 e. The van der Waals surface area contributed by atoms with Crippen molar-refractivity contribution in [3.63, 3.8) is 0 Å². The van der Waals surface area contributed by atoms with Crippen LogP contribution in [0.3, 0.4) is 0 Å². The van der Waals surface area contributed by atoms with E-state index in [1.807, 2.05) is 59.5 Å². The van der Waals surface area contributed by atoms with Crippen LogP contribution in [0.1, 0.15) is 0 Å². The minimum absolute atomic E-state index is 0.129. The van der Waals surface area contributed by atoms with E-state index in [1.54, 1.807) is 0 Å². The van der Waals surface area contributed by atoms with Gasteiger partial charge in [0.05, 0.1) is 29.3 Å². The molecule has 2 heterocycles. The average Bonchev–Trinajstić information content (AvgIpc) is 3.10. The molecule has 2 unspecified atom stereocenters. The lowest BCUT2D eigenvalue weighted by Gasteiger charge is -2.26. The van der Waals surface area contributed by atoms with Crippen LogP contribution in [-0.2, 0) is 9.84 Å². The molecular formula is C21H18N2O2S2. The summed E-state index contributed by atoms with van der Waals surface area (Å²) in [5, 5.41) is 2.87. The number of benzene rings is 3. The molecular weight excluding hydrogens is 376 g/mol. The fourth-order valence-corrected chi connectivity index (χ4v) is 6.69. The largest absolute Gasteiger partial charge is 0.312 e. The topological polar surface area (TPSA) is 40.6 Å². The lowest BCUT2D eigenvalue weighted by molar-refractivity contribution is 0.601. The third-order valence-corrected chi connectivity index (χ3v) is 7.52. The van der Waals surface area contributed by atoms with Gasteiger partial charge in [0.2, 0.25) is 0 Å². The Kier molecular flexibility index (Phi) is 3.74. The predicted octanol–water partition coefficient (Wildman–Crippen LogP) is 3.62. The highest BCUT2D eigenvalue weighted by Gasteiger charge is 2.52. The summed E-state index contributed by atoms with van der Waals surface area (Å²) in [4.78, 5) is 4.08. The highest BCUT2D eigenvalue weighted by atomic mass is 32.2. The van der Waals surface area contributed by atoms with Crippen molar-refractivity contribution >= 4 is 49.3 Å². The first-order valence-corrected chi connectivity index (χ1v) is 11.1. The second-order valence-corrected chi connectivity index (χ2v) is 9.59. The summed E-state index contributed by atoms with van der Waals surface area (Å²) in [5.41, 5.74) is 1.92. The van der Waals surface area contributed by atoms with Gasteiger partial charge in [-0.3, -0.25) is 0 Å². The zero-order valence-electron chi connectivity index (χ0n) is 14.5. The first-order chi connectivity index (χ1) is 13.1. The molecule has 0 N–H and O–H groups in total. The number of para-hydroxylation sites is 1. The lowest BCUT2D eigenvalue weighted by atomic mass is 10.1. The van der Waals surface area contributed by atoms with Crippen LogP contribution in [0.2, 0.25) is 0 Å². The summed E-state index contributed by atoms with van der Waals surface area (Å²) in [6.45, 7) is 0. The van der Waals surface area contributed by atoms with E-state index in [0.717, 1.165) is 22.1 Å². The molecule has 2 saturated heterocycles. The van der Waals surface area contributed by atoms with E-state index in [1.165, 1.54) is 0 Å². The first-order valence-electron chi connectivity index (χ1n) is 8.91. The van der Waals surface area contributed by atoms with E-state index in [-0.39, 0.29) is 23.6 Å². The molecule has 2 aliphatic rings. The van der Waals surface area contributed by atoms with Crippen molar-refractivity contribution in [3.05, 3.63) is 72.8 Å². The van der Waals surface area contributed by atoms with Crippen LogP contribution < -0.4 is 9.80 Å². The summed E-state index contributed by atoms with van der Waals surface area (Å²) in [6, 6.07) is 23.7. The van der Waals surface area contributed by atoms with Gasteiger partial charge < -0.3 is 9.80 Å². The highest BCUT2D eigenvalue weighted by Crippen LogP contribution is 2.40. The number of thiocarbonyl (C=S) groups is 1. The van der Waals surface area contributed by atoms with Crippen molar-refractivity contribution < 1.29 is 8.42 Å². The number of sulfone groups is 1. The molecule has 4 nitrogen and oxygen atoms in total. The van der Waals surface area contributed by atoms with Crippen molar-refractivity contribution in [1.29, 1.82) is 0 Å². The second kappa shape index (κ2) is 6.04. The Morgan fingerprint density at radius 1 is 0.778 bits per heavy atom. The maximum Gasteiger partial charge on any atom is 0.181 e. The van der Waals surface area contributed by atoms with Gasteiger partial charge in [-0.2, -0.15) is 0 Å². The molecule has 0 bridgehead atoms. The van der Waals surface area contributed by atoms with Gasteiger partial charge in [-0.05, 0) is 35.8 Å². The van der Waals surface area contributed by atoms with Crippen molar-refractivity contribution in [2.75, 3.05) is 21.3 Å². The molecule has 136 valence electrons. The molecule has 3 aromatic rings. The number of fused-ring (bicyclic) bond motifs is 2. The lowest BCUT2D eigenvalue weighted by Crippen LogP contribution is -2.37. The van der Waals surface area contributed by atoms with E-state index in [9.17, 15) is 8.42 Å². The summed E-state index contributed by atoms with van der Waals surface area (Å²) < 4.78 is 24.9. The number of hydrogen-bond acceptors (Lipinski definition) is 3. The highest BCUT2D eigenvalue weighted by molar-refractivity contribution is 7.91. The zero-order chi connectivity index (χ0) is 18.6. The van der Waals surface area contributed by atoms with Crippen molar-refractivity contribution in [2.45, 2.75) is 12.1 Å². The van der Waals surface area contributed by atoms with E-state index >= 15 is 0 Å². The monoisotopic (exact) mass is 394 g/mol. The normalized spacial score (nSPS) is 23.8. The van der Waals surface area contributed by atoms with Crippen LogP contribution in [0.5, 0.6) is 0 Å². The molecule has 2 fully saturated rings. The molecule has 5 rings (SSSR count). The van der Waals surface area contributed by atoms with E-state index in [4.69, 9.17) is 12.2 Å². The van der Waals surface area contributed by atoms with E-state index < -0.39 is 9.84 Å². The standard InChI is InChI=1S/C21H18N2O2S2/c24-27(25)13-19-20(14-27)23(21(26)22(19)16-9-2-1-3-10-16)18-12-6-8-15-7-4-5-11-17(15)18/h1-12,19-20H,13-14H2. The Labute approximate surface area is 163 Å². The molecule has 2 aliphatic heterocycles. The first kappa shape index (κ1) is 16.7. The third-order valence-electron chi connectivity index (χ3n) is 5.43. The Morgan fingerprint density at radius 3 is 2.19 bits per heavy atom. The van der Waals surface area contributed by atoms with Gasteiger partial charge in [-0.15, -0.1) is 0 Å². The van der Waals surface area contributed by atoms with Gasteiger partial charge >= 0.3 is 0 Å². The molecule has 0 spiro atoms. The van der Waals surface area contributed by atoms with Crippen LogP contribution in [0.25, 0.3) is 10.8 Å². The molecule has 2 atom stereocenters. The van der Waals surface area contributed by atoms with Crippen molar-refractivity contribution in [1.82, 2.24) is 0 Å². The van der Waals surface area contributed by atoms with Gasteiger partial charge in [0.1, 0.15) is 0 Å². The smallest absolute Gasteiger partial charge is 0.181 e. The molecule has 0 amide bonds. The van der Waals surface area contributed by atoms with E-state index in [2.05, 4.69) is 23.1 Å². The van der Waals surface area contributed by atoms with Crippen molar-refractivity contribution in [2.24, 2.45) is 0 Å². The van der Waals surface area contributed by atoms with Crippen LogP contribution in [0, 0.1) is 0 Å². The predicted molar refractivity (Wildman–Crippen MR) is 114 cm³/mol. The fraction of sp³-hybridized carbons (Fsp3) is 0.190. The van der Waals surface area contributed by atoms with Gasteiger partial charge in [0.25, 0.3) is 0 Å². The van der Waals surface area contributed by atoms with Crippen LogP contribution in [-0.4, -0.2) is 37.1 Å². The molecule has 0 aliphatic carbocycles.